The summed E-state index contributed by atoms with van der Waals surface area (Å²) in [5.41, 5.74) is 9.24. The highest BCUT2D eigenvalue weighted by Gasteiger charge is 2.52. The molecule has 30 heavy (non-hydrogen) atoms. The van der Waals surface area contributed by atoms with E-state index in [4.69, 9.17) is 10.5 Å². The standard InChI is InChI=1S/C23H22N4O3/c1-2-30-21(29)23(9-10-23)16-7-8-18-17(11-16)19(26-22(24)25-18)20(28)27-12-14-5-3-4-6-15(14)13-27/h3-8,11H,2,9-10,12-13H2,1H3,(H2,24,25,26). The van der Waals surface area contributed by atoms with Gasteiger partial charge in [-0.05, 0) is 48.6 Å². The van der Waals surface area contributed by atoms with Crippen LogP contribution in [0.4, 0.5) is 5.95 Å². The molecule has 1 fully saturated rings. The fourth-order valence-electron chi connectivity index (χ4n) is 4.24. The number of fused-ring (bicyclic) bond motifs is 2. The Morgan fingerprint density at radius 1 is 1.10 bits per heavy atom. The van der Waals surface area contributed by atoms with Crippen molar-refractivity contribution in [2.45, 2.75) is 38.3 Å². The molecule has 1 aromatic heterocycles. The van der Waals surface area contributed by atoms with Crippen molar-refractivity contribution in [1.82, 2.24) is 14.9 Å². The second-order valence-corrected chi connectivity index (χ2v) is 7.89. The van der Waals surface area contributed by atoms with Crippen LogP contribution in [0.5, 0.6) is 0 Å². The Morgan fingerprint density at radius 2 is 1.80 bits per heavy atom. The monoisotopic (exact) mass is 402 g/mol. The topological polar surface area (TPSA) is 98.4 Å². The third-order valence-corrected chi connectivity index (χ3v) is 6.01. The lowest BCUT2D eigenvalue weighted by Gasteiger charge is -2.18. The molecule has 152 valence electrons. The minimum atomic E-state index is -0.629. The fourth-order valence-corrected chi connectivity index (χ4v) is 4.24. The zero-order valence-electron chi connectivity index (χ0n) is 16.7. The van der Waals surface area contributed by atoms with Crippen LogP contribution in [-0.2, 0) is 28.0 Å². The molecular formula is C23H22N4O3. The van der Waals surface area contributed by atoms with Crippen LogP contribution in [0, 0.1) is 0 Å². The molecule has 1 aliphatic carbocycles. The Hall–Kier alpha value is -3.48. The van der Waals surface area contributed by atoms with Gasteiger partial charge in [0.2, 0.25) is 5.95 Å². The molecule has 7 nitrogen and oxygen atoms in total. The summed E-state index contributed by atoms with van der Waals surface area (Å²) in [4.78, 5) is 36.2. The third kappa shape index (κ3) is 2.89. The van der Waals surface area contributed by atoms with E-state index >= 15 is 0 Å². The Morgan fingerprint density at radius 3 is 2.43 bits per heavy atom. The normalized spacial score (nSPS) is 16.4. The lowest BCUT2D eigenvalue weighted by Crippen LogP contribution is -2.27. The van der Waals surface area contributed by atoms with Crippen LogP contribution in [0.1, 0.15) is 46.9 Å². The van der Waals surface area contributed by atoms with Gasteiger partial charge in [0.1, 0.15) is 5.69 Å². The maximum atomic E-state index is 13.4. The van der Waals surface area contributed by atoms with Crippen molar-refractivity contribution in [3.05, 3.63) is 64.8 Å². The minimum absolute atomic E-state index is 0.0573. The van der Waals surface area contributed by atoms with Gasteiger partial charge < -0.3 is 15.4 Å². The summed E-state index contributed by atoms with van der Waals surface area (Å²) in [5.74, 6) is -0.353. The van der Waals surface area contributed by atoms with Gasteiger partial charge in [0.15, 0.2) is 0 Å². The van der Waals surface area contributed by atoms with Crippen molar-refractivity contribution in [1.29, 1.82) is 0 Å². The largest absolute Gasteiger partial charge is 0.465 e. The Balaban J connectivity index is 1.55. The zero-order valence-corrected chi connectivity index (χ0v) is 16.7. The Bertz CT molecular complexity index is 1160. The number of esters is 1. The SMILES string of the molecule is CCOC(=O)C1(c2ccc3nc(N)nc(C(=O)N4Cc5ccccc5C4)c3c2)CC1. The van der Waals surface area contributed by atoms with Gasteiger partial charge in [-0.3, -0.25) is 9.59 Å². The van der Waals surface area contributed by atoms with E-state index in [1.54, 1.807) is 17.9 Å². The molecule has 2 aromatic carbocycles. The van der Waals surface area contributed by atoms with Gasteiger partial charge in [-0.1, -0.05) is 30.3 Å². The van der Waals surface area contributed by atoms with E-state index in [1.165, 1.54) is 0 Å². The van der Waals surface area contributed by atoms with Crippen LogP contribution in [0.3, 0.4) is 0 Å². The highest BCUT2D eigenvalue weighted by atomic mass is 16.5. The van der Waals surface area contributed by atoms with E-state index < -0.39 is 5.41 Å². The van der Waals surface area contributed by atoms with Gasteiger partial charge in [-0.2, -0.15) is 0 Å². The van der Waals surface area contributed by atoms with Gasteiger partial charge in [0.25, 0.3) is 5.91 Å². The highest BCUT2D eigenvalue weighted by molar-refractivity contribution is 6.05. The van der Waals surface area contributed by atoms with Crippen molar-refractivity contribution >= 4 is 28.7 Å². The second kappa shape index (κ2) is 6.79. The predicted molar refractivity (Wildman–Crippen MR) is 112 cm³/mol. The number of benzene rings is 2. The van der Waals surface area contributed by atoms with E-state index in [2.05, 4.69) is 9.97 Å². The lowest BCUT2D eigenvalue weighted by atomic mass is 9.94. The molecule has 3 aromatic rings. The fraction of sp³-hybridized carbons (Fsp3) is 0.304. The van der Waals surface area contributed by atoms with E-state index in [1.807, 2.05) is 36.4 Å². The van der Waals surface area contributed by atoms with Gasteiger partial charge in [-0.15, -0.1) is 0 Å². The van der Waals surface area contributed by atoms with Crippen LogP contribution in [0.25, 0.3) is 10.9 Å². The molecule has 0 unspecified atom stereocenters. The van der Waals surface area contributed by atoms with E-state index in [-0.39, 0.29) is 23.5 Å². The first-order valence-electron chi connectivity index (χ1n) is 10.1. The van der Waals surface area contributed by atoms with E-state index in [9.17, 15) is 9.59 Å². The number of anilines is 1. The summed E-state index contributed by atoms with van der Waals surface area (Å²) in [5, 5.41) is 0.609. The van der Waals surface area contributed by atoms with Crippen LogP contribution >= 0.6 is 0 Å². The van der Waals surface area contributed by atoms with Crippen LogP contribution in [0.15, 0.2) is 42.5 Å². The minimum Gasteiger partial charge on any atom is -0.465 e. The summed E-state index contributed by atoms with van der Waals surface area (Å²) in [6.45, 7) is 3.21. The second-order valence-electron chi connectivity index (χ2n) is 7.89. The van der Waals surface area contributed by atoms with Gasteiger partial charge in [0.05, 0.1) is 17.5 Å². The molecule has 1 amide bonds. The molecule has 5 rings (SSSR count). The molecule has 1 saturated carbocycles. The van der Waals surface area contributed by atoms with Crippen molar-refractivity contribution in [2.75, 3.05) is 12.3 Å². The zero-order chi connectivity index (χ0) is 20.9. The third-order valence-electron chi connectivity index (χ3n) is 6.01. The average molecular weight is 402 g/mol. The first-order chi connectivity index (χ1) is 14.5. The molecule has 2 heterocycles. The quantitative estimate of drug-likeness (QED) is 0.674. The van der Waals surface area contributed by atoms with Crippen LogP contribution in [-0.4, -0.2) is 33.4 Å². The molecule has 0 spiro atoms. The van der Waals surface area contributed by atoms with Crippen molar-refractivity contribution in [2.24, 2.45) is 0 Å². The number of nitrogen functional groups attached to an aromatic ring is 1. The number of rotatable bonds is 4. The molecule has 0 bridgehead atoms. The smallest absolute Gasteiger partial charge is 0.316 e. The summed E-state index contributed by atoms with van der Waals surface area (Å²) >= 11 is 0. The number of carbonyl (C=O) groups excluding carboxylic acids is 2. The Labute approximate surface area is 173 Å². The molecular weight excluding hydrogens is 380 g/mol. The van der Waals surface area contributed by atoms with Gasteiger partial charge in [-0.25, -0.2) is 9.97 Å². The number of nitrogens with two attached hydrogens (primary N) is 1. The lowest BCUT2D eigenvalue weighted by molar-refractivity contribution is -0.146. The van der Waals surface area contributed by atoms with Gasteiger partial charge in [0, 0.05) is 18.5 Å². The number of aromatic nitrogens is 2. The molecule has 0 radical (unpaired) electrons. The summed E-state index contributed by atoms with van der Waals surface area (Å²) < 4.78 is 5.28. The summed E-state index contributed by atoms with van der Waals surface area (Å²) in [7, 11) is 0. The van der Waals surface area contributed by atoms with E-state index in [0.717, 1.165) is 29.5 Å². The number of nitrogens with zero attached hydrogens (tertiary/aromatic N) is 3. The molecule has 7 heteroatoms. The molecule has 1 aliphatic heterocycles. The number of hydrogen-bond donors (Lipinski definition) is 1. The number of carbonyl (C=O) groups is 2. The first kappa shape index (κ1) is 18.5. The number of amides is 1. The summed E-state index contributed by atoms with van der Waals surface area (Å²) in [6, 6.07) is 13.5. The van der Waals surface area contributed by atoms with E-state index in [0.29, 0.717) is 30.6 Å². The first-order valence-corrected chi connectivity index (χ1v) is 10.1. The average Bonchev–Trinajstić information content (AvgIpc) is 3.45. The molecule has 2 N–H and O–H groups in total. The van der Waals surface area contributed by atoms with Crippen LogP contribution in [0.2, 0.25) is 0 Å². The Kier molecular flexibility index (Phi) is 4.20. The molecule has 0 saturated heterocycles. The molecule has 0 atom stereocenters. The van der Waals surface area contributed by atoms with Crippen molar-refractivity contribution in [3.8, 4) is 0 Å². The summed E-state index contributed by atoms with van der Waals surface area (Å²) in [6.07, 6.45) is 1.47. The van der Waals surface area contributed by atoms with Crippen molar-refractivity contribution < 1.29 is 14.3 Å². The number of ether oxygens (including phenoxy) is 1. The highest BCUT2D eigenvalue weighted by Crippen LogP contribution is 2.49. The maximum Gasteiger partial charge on any atom is 0.316 e. The van der Waals surface area contributed by atoms with Crippen molar-refractivity contribution in [3.63, 3.8) is 0 Å². The molecule has 2 aliphatic rings. The maximum absolute atomic E-state index is 13.4. The van der Waals surface area contributed by atoms with Gasteiger partial charge >= 0.3 is 5.97 Å². The number of hydrogen-bond acceptors (Lipinski definition) is 6. The van der Waals surface area contributed by atoms with Crippen LogP contribution < -0.4 is 5.73 Å². The predicted octanol–water partition coefficient (Wildman–Crippen LogP) is 2.96.